The molecule has 0 aromatic carbocycles. The Kier molecular flexibility index (Phi) is 1.63. The van der Waals surface area contributed by atoms with Crippen molar-refractivity contribution in [3.8, 4) is 0 Å². The highest BCUT2D eigenvalue weighted by molar-refractivity contribution is 8.03. The summed E-state index contributed by atoms with van der Waals surface area (Å²) >= 11 is 1.73. The van der Waals surface area contributed by atoms with E-state index in [1.165, 1.54) is 5.57 Å². The van der Waals surface area contributed by atoms with Crippen molar-refractivity contribution < 1.29 is 0 Å². The Morgan fingerprint density at radius 3 is 2.50 bits per heavy atom. The lowest BCUT2D eigenvalue weighted by atomic mass is 10.1. The summed E-state index contributed by atoms with van der Waals surface area (Å²) in [5.74, 6) is 0.583. The molecule has 1 rings (SSSR count). The first-order chi connectivity index (χ1) is 3.72. The Morgan fingerprint density at radius 2 is 2.38 bits per heavy atom. The number of thioether (sulfide) groups is 1. The van der Waals surface area contributed by atoms with Crippen LogP contribution in [-0.4, -0.2) is 5.37 Å². The molecule has 0 spiro atoms. The highest BCUT2D eigenvalue weighted by atomic mass is 32.2. The quantitative estimate of drug-likeness (QED) is 0.537. The number of hydrogen-bond donors (Lipinski definition) is 1. The third kappa shape index (κ3) is 0.906. The van der Waals surface area contributed by atoms with Crippen molar-refractivity contribution >= 4 is 11.8 Å². The third-order valence-electron chi connectivity index (χ3n) is 1.62. The molecule has 1 nitrogen and oxygen atoms in total. The lowest BCUT2D eigenvalue weighted by molar-refractivity contribution is 0.667. The standard InChI is InChI=1S/C6H11NS/c1-4-3-8-6(7)5(4)2/h3,5-6H,7H2,1-2H3. The fourth-order valence-corrected chi connectivity index (χ4v) is 1.71. The van der Waals surface area contributed by atoms with E-state index in [-0.39, 0.29) is 0 Å². The molecule has 0 radical (unpaired) electrons. The Morgan fingerprint density at radius 1 is 1.75 bits per heavy atom. The summed E-state index contributed by atoms with van der Waals surface area (Å²) in [6.07, 6.45) is 0. The average molecular weight is 129 g/mol. The SMILES string of the molecule is CC1=CSC(N)C1C. The predicted molar refractivity (Wildman–Crippen MR) is 38.5 cm³/mol. The zero-order valence-corrected chi connectivity index (χ0v) is 6.03. The van der Waals surface area contributed by atoms with Gasteiger partial charge in [0, 0.05) is 5.92 Å². The Balaban J connectivity index is 2.59. The minimum atomic E-state index is 0.315. The smallest absolute Gasteiger partial charge is 0.0612 e. The van der Waals surface area contributed by atoms with Gasteiger partial charge in [-0.05, 0) is 12.3 Å². The van der Waals surface area contributed by atoms with E-state index in [1.54, 1.807) is 11.8 Å². The van der Waals surface area contributed by atoms with Gasteiger partial charge in [-0.15, -0.1) is 11.8 Å². The molecule has 1 heterocycles. The lowest BCUT2D eigenvalue weighted by Gasteiger charge is -2.08. The van der Waals surface area contributed by atoms with Gasteiger partial charge in [-0.3, -0.25) is 0 Å². The van der Waals surface area contributed by atoms with Gasteiger partial charge in [-0.1, -0.05) is 12.5 Å². The summed E-state index contributed by atoms with van der Waals surface area (Å²) in [6.45, 7) is 4.29. The monoisotopic (exact) mass is 129 g/mol. The topological polar surface area (TPSA) is 26.0 Å². The number of nitrogens with two attached hydrogens (primary N) is 1. The average Bonchev–Trinajstić information content (AvgIpc) is 1.98. The number of hydrogen-bond acceptors (Lipinski definition) is 2. The fourth-order valence-electron chi connectivity index (χ4n) is 0.670. The molecule has 46 valence electrons. The van der Waals surface area contributed by atoms with E-state index in [4.69, 9.17) is 5.73 Å². The van der Waals surface area contributed by atoms with E-state index in [2.05, 4.69) is 19.3 Å². The van der Waals surface area contributed by atoms with Crippen LogP contribution in [0.4, 0.5) is 0 Å². The Bertz CT molecular complexity index is 120. The van der Waals surface area contributed by atoms with Gasteiger partial charge >= 0.3 is 0 Å². The van der Waals surface area contributed by atoms with E-state index in [1.807, 2.05) is 0 Å². The van der Waals surface area contributed by atoms with E-state index < -0.39 is 0 Å². The molecule has 2 atom stereocenters. The summed E-state index contributed by atoms with van der Waals surface area (Å²) < 4.78 is 0. The van der Waals surface area contributed by atoms with Gasteiger partial charge in [-0.25, -0.2) is 0 Å². The van der Waals surface area contributed by atoms with Gasteiger partial charge in [0.1, 0.15) is 0 Å². The molecule has 0 saturated heterocycles. The van der Waals surface area contributed by atoms with Crippen LogP contribution in [0.15, 0.2) is 11.0 Å². The van der Waals surface area contributed by atoms with Crippen LogP contribution >= 0.6 is 11.8 Å². The maximum atomic E-state index is 5.68. The summed E-state index contributed by atoms with van der Waals surface area (Å²) in [4.78, 5) is 0. The molecule has 0 aromatic heterocycles. The van der Waals surface area contributed by atoms with E-state index in [0.29, 0.717) is 11.3 Å². The molecule has 0 aromatic rings. The van der Waals surface area contributed by atoms with Crippen LogP contribution in [0.3, 0.4) is 0 Å². The Hall–Kier alpha value is 0.0500. The van der Waals surface area contributed by atoms with E-state index in [0.717, 1.165) is 0 Å². The van der Waals surface area contributed by atoms with Crippen LogP contribution in [0.2, 0.25) is 0 Å². The van der Waals surface area contributed by atoms with Crippen LogP contribution in [0.1, 0.15) is 13.8 Å². The molecular formula is C6H11NS. The summed E-state index contributed by atoms with van der Waals surface area (Å²) in [5.41, 5.74) is 7.10. The molecule has 0 saturated carbocycles. The van der Waals surface area contributed by atoms with Gasteiger partial charge in [-0.2, -0.15) is 0 Å². The molecule has 2 N–H and O–H groups in total. The maximum absolute atomic E-state index is 5.68. The normalized spacial score (nSPS) is 37.6. The first kappa shape index (κ1) is 6.17. The second-order valence-electron chi connectivity index (χ2n) is 2.25. The zero-order valence-electron chi connectivity index (χ0n) is 5.22. The third-order valence-corrected chi connectivity index (χ3v) is 2.85. The van der Waals surface area contributed by atoms with Crippen molar-refractivity contribution in [2.24, 2.45) is 11.7 Å². The molecule has 1 aliphatic rings. The van der Waals surface area contributed by atoms with Gasteiger partial charge in [0.05, 0.1) is 5.37 Å². The fraction of sp³-hybridized carbons (Fsp3) is 0.667. The largest absolute Gasteiger partial charge is 0.319 e. The summed E-state index contributed by atoms with van der Waals surface area (Å²) in [6, 6.07) is 0. The van der Waals surface area contributed by atoms with Crippen LogP contribution in [0, 0.1) is 5.92 Å². The summed E-state index contributed by atoms with van der Waals surface area (Å²) in [5, 5.41) is 2.46. The van der Waals surface area contributed by atoms with E-state index in [9.17, 15) is 0 Å². The molecule has 0 fully saturated rings. The van der Waals surface area contributed by atoms with Gasteiger partial charge in [0.2, 0.25) is 0 Å². The van der Waals surface area contributed by atoms with Crippen molar-refractivity contribution in [1.29, 1.82) is 0 Å². The second kappa shape index (κ2) is 2.11. The van der Waals surface area contributed by atoms with Crippen molar-refractivity contribution in [1.82, 2.24) is 0 Å². The highest BCUT2D eigenvalue weighted by Gasteiger charge is 2.19. The molecule has 1 aliphatic heterocycles. The van der Waals surface area contributed by atoms with Gasteiger partial charge in [0.25, 0.3) is 0 Å². The first-order valence-electron chi connectivity index (χ1n) is 2.79. The minimum absolute atomic E-state index is 0.315. The molecule has 0 bridgehead atoms. The summed E-state index contributed by atoms with van der Waals surface area (Å²) in [7, 11) is 0. The van der Waals surface area contributed by atoms with Crippen molar-refractivity contribution in [3.05, 3.63) is 11.0 Å². The van der Waals surface area contributed by atoms with Crippen molar-refractivity contribution in [3.63, 3.8) is 0 Å². The second-order valence-corrected chi connectivity index (χ2v) is 3.30. The predicted octanol–water partition coefficient (Wildman–Crippen LogP) is 1.56. The first-order valence-corrected chi connectivity index (χ1v) is 3.74. The molecular weight excluding hydrogens is 118 g/mol. The van der Waals surface area contributed by atoms with Crippen LogP contribution in [0.25, 0.3) is 0 Å². The molecule has 2 heteroatoms. The molecule has 2 unspecified atom stereocenters. The van der Waals surface area contributed by atoms with E-state index >= 15 is 0 Å². The van der Waals surface area contributed by atoms with Crippen LogP contribution in [-0.2, 0) is 0 Å². The molecule has 8 heavy (non-hydrogen) atoms. The molecule has 0 aliphatic carbocycles. The van der Waals surface area contributed by atoms with Crippen LogP contribution in [0.5, 0.6) is 0 Å². The van der Waals surface area contributed by atoms with Gasteiger partial charge in [0.15, 0.2) is 0 Å². The van der Waals surface area contributed by atoms with Crippen LogP contribution < -0.4 is 5.73 Å². The zero-order chi connectivity index (χ0) is 6.15. The minimum Gasteiger partial charge on any atom is -0.319 e. The maximum Gasteiger partial charge on any atom is 0.0612 e. The van der Waals surface area contributed by atoms with Crippen molar-refractivity contribution in [2.45, 2.75) is 19.2 Å². The Labute approximate surface area is 54.3 Å². The van der Waals surface area contributed by atoms with Crippen molar-refractivity contribution in [2.75, 3.05) is 0 Å². The molecule has 0 amide bonds. The number of rotatable bonds is 0. The lowest BCUT2D eigenvalue weighted by Crippen LogP contribution is -2.20. The van der Waals surface area contributed by atoms with Gasteiger partial charge < -0.3 is 5.73 Å². The highest BCUT2D eigenvalue weighted by Crippen LogP contribution is 2.31.